The Kier molecular flexibility index (Phi) is 3.09. The fourth-order valence-electron chi connectivity index (χ4n) is 2.75. The first kappa shape index (κ1) is 12.0. The number of carboxylic acids is 1. The van der Waals surface area contributed by atoms with Gasteiger partial charge in [-0.2, -0.15) is 0 Å². The van der Waals surface area contributed by atoms with Gasteiger partial charge in [-0.3, -0.25) is 4.79 Å². The van der Waals surface area contributed by atoms with Crippen LogP contribution in [0.5, 0.6) is 0 Å². The number of carboxylic acid groups (broad SMARTS) is 1. The largest absolute Gasteiger partial charge is 0.481 e. The molecular formula is C14H19NO2. The predicted molar refractivity (Wildman–Crippen MR) is 68.7 cm³/mol. The van der Waals surface area contributed by atoms with Crippen molar-refractivity contribution < 1.29 is 9.90 Å². The van der Waals surface area contributed by atoms with Crippen LogP contribution in [0.3, 0.4) is 0 Å². The van der Waals surface area contributed by atoms with E-state index in [2.05, 4.69) is 24.8 Å². The Labute approximate surface area is 102 Å². The molecule has 0 aromatic heterocycles. The molecule has 1 aliphatic heterocycles. The van der Waals surface area contributed by atoms with Crippen LogP contribution < -0.4 is 4.90 Å². The Morgan fingerprint density at radius 2 is 2.29 bits per heavy atom. The maximum absolute atomic E-state index is 11.1. The highest BCUT2D eigenvalue weighted by Gasteiger charge is 2.29. The lowest BCUT2D eigenvalue weighted by atomic mass is 9.93. The number of hydrogen-bond donors (Lipinski definition) is 1. The van der Waals surface area contributed by atoms with Crippen LogP contribution in [0.25, 0.3) is 0 Å². The Bertz CT molecular complexity index is 442. The minimum atomic E-state index is -0.749. The standard InChI is InChI=1S/C14H19NO2/c1-4-15-9(2)8-12-11(10(3)14(16)17)6-5-7-13(12)15/h5-7,9-10H,4,8H2,1-3H3,(H,16,17). The van der Waals surface area contributed by atoms with Gasteiger partial charge >= 0.3 is 5.97 Å². The minimum absolute atomic E-state index is 0.422. The van der Waals surface area contributed by atoms with Gasteiger partial charge in [-0.25, -0.2) is 0 Å². The Balaban J connectivity index is 2.46. The fourth-order valence-corrected chi connectivity index (χ4v) is 2.75. The topological polar surface area (TPSA) is 40.5 Å². The molecule has 1 aromatic carbocycles. The van der Waals surface area contributed by atoms with E-state index in [1.54, 1.807) is 6.92 Å². The summed E-state index contributed by atoms with van der Waals surface area (Å²) in [5, 5.41) is 9.14. The fraction of sp³-hybridized carbons (Fsp3) is 0.500. The van der Waals surface area contributed by atoms with E-state index < -0.39 is 11.9 Å². The Morgan fingerprint density at radius 3 is 2.88 bits per heavy atom. The van der Waals surface area contributed by atoms with Gasteiger partial charge in [0.2, 0.25) is 0 Å². The zero-order valence-corrected chi connectivity index (χ0v) is 10.6. The summed E-state index contributed by atoms with van der Waals surface area (Å²) in [5.74, 6) is -1.17. The Morgan fingerprint density at radius 1 is 1.59 bits per heavy atom. The summed E-state index contributed by atoms with van der Waals surface area (Å²) in [5.41, 5.74) is 3.40. The van der Waals surface area contributed by atoms with Crippen LogP contribution in [0.4, 0.5) is 5.69 Å². The highest BCUT2D eigenvalue weighted by molar-refractivity contribution is 5.78. The van der Waals surface area contributed by atoms with Gasteiger partial charge in [0.1, 0.15) is 0 Å². The van der Waals surface area contributed by atoms with Crippen LogP contribution in [0.1, 0.15) is 37.8 Å². The molecule has 1 N–H and O–H groups in total. The summed E-state index contributed by atoms with van der Waals surface area (Å²) >= 11 is 0. The number of carbonyl (C=O) groups is 1. The van der Waals surface area contributed by atoms with Crippen LogP contribution in [-0.4, -0.2) is 23.7 Å². The molecule has 92 valence electrons. The lowest BCUT2D eigenvalue weighted by molar-refractivity contribution is -0.138. The SMILES string of the molecule is CCN1c2cccc(C(C)C(=O)O)c2CC1C. The first-order valence-electron chi connectivity index (χ1n) is 6.17. The quantitative estimate of drug-likeness (QED) is 0.872. The maximum atomic E-state index is 11.1. The molecule has 0 bridgehead atoms. The average Bonchev–Trinajstić information content (AvgIpc) is 2.62. The monoisotopic (exact) mass is 233 g/mol. The molecule has 0 aliphatic carbocycles. The van der Waals surface area contributed by atoms with Crippen molar-refractivity contribution in [2.24, 2.45) is 0 Å². The van der Waals surface area contributed by atoms with Gasteiger partial charge in [0.05, 0.1) is 5.92 Å². The van der Waals surface area contributed by atoms with Crippen LogP contribution in [0.2, 0.25) is 0 Å². The summed E-state index contributed by atoms with van der Waals surface area (Å²) in [6.45, 7) is 7.06. The maximum Gasteiger partial charge on any atom is 0.310 e. The lowest BCUT2D eigenvalue weighted by Crippen LogP contribution is -2.28. The van der Waals surface area contributed by atoms with Crippen molar-refractivity contribution in [2.75, 3.05) is 11.4 Å². The van der Waals surface area contributed by atoms with E-state index in [-0.39, 0.29) is 0 Å². The number of likely N-dealkylation sites (N-methyl/N-ethyl adjacent to an activating group) is 1. The lowest BCUT2D eigenvalue weighted by Gasteiger charge is -2.22. The molecule has 0 spiro atoms. The molecule has 0 radical (unpaired) electrons. The summed E-state index contributed by atoms with van der Waals surface area (Å²) in [4.78, 5) is 13.5. The van der Waals surface area contributed by atoms with Gasteiger partial charge in [0.15, 0.2) is 0 Å². The van der Waals surface area contributed by atoms with Crippen molar-refractivity contribution >= 4 is 11.7 Å². The third-order valence-electron chi connectivity index (χ3n) is 3.71. The second-order valence-corrected chi connectivity index (χ2v) is 4.74. The van der Waals surface area contributed by atoms with Crippen LogP contribution in [0.15, 0.2) is 18.2 Å². The van der Waals surface area contributed by atoms with Crippen molar-refractivity contribution in [1.29, 1.82) is 0 Å². The number of rotatable bonds is 3. The molecule has 2 atom stereocenters. The summed E-state index contributed by atoms with van der Waals surface area (Å²) in [6, 6.07) is 6.48. The van der Waals surface area contributed by atoms with Crippen molar-refractivity contribution in [3.05, 3.63) is 29.3 Å². The number of anilines is 1. The predicted octanol–water partition coefficient (Wildman–Crippen LogP) is 2.65. The van der Waals surface area contributed by atoms with Crippen LogP contribution in [-0.2, 0) is 11.2 Å². The van der Waals surface area contributed by atoms with E-state index >= 15 is 0 Å². The van der Waals surface area contributed by atoms with Crippen molar-refractivity contribution in [3.63, 3.8) is 0 Å². The molecule has 2 rings (SSSR count). The van der Waals surface area contributed by atoms with E-state index in [0.717, 1.165) is 18.5 Å². The third kappa shape index (κ3) is 1.90. The highest BCUT2D eigenvalue weighted by Crippen LogP contribution is 2.36. The van der Waals surface area contributed by atoms with E-state index in [9.17, 15) is 4.79 Å². The van der Waals surface area contributed by atoms with E-state index in [0.29, 0.717) is 6.04 Å². The van der Waals surface area contributed by atoms with Crippen molar-refractivity contribution in [1.82, 2.24) is 0 Å². The van der Waals surface area contributed by atoms with Crippen LogP contribution >= 0.6 is 0 Å². The molecule has 1 aromatic rings. The summed E-state index contributed by atoms with van der Waals surface area (Å²) in [7, 11) is 0. The summed E-state index contributed by atoms with van der Waals surface area (Å²) < 4.78 is 0. The van der Waals surface area contributed by atoms with E-state index in [1.165, 1.54) is 11.3 Å². The van der Waals surface area contributed by atoms with E-state index in [4.69, 9.17) is 5.11 Å². The summed E-state index contributed by atoms with van der Waals surface area (Å²) in [6.07, 6.45) is 0.955. The molecular weight excluding hydrogens is 214 g/mol. The molecule has 3 nitrogen and oxygen atoms in total. The first-order chi connectivity index (χ1) is 8.06. The average molecular weight is 233 g/mol. The van der Waals surface area contributed by atoms with Gasteiger partial charge in [-0.15, -0.1) is 0 Å². The van der Waals surface area contributed by atoms with Gasteiger partial charge in [-0.1, -0.05) is 12.1 Å². The zero-order valence-electron chi connectivity index (χ0n) is 10.6. The molecule has 17 heavy (non-hydrogen) atoms. The molecule has 1 aliphatic rings. The molecule has 1 heterocycles. The molecule has 0 saturated carbocycles. The minimum Gasteiger partial charge on any atom is -0.481 e. The number of hydrogen-bond acceptors (Lipinski definition) is 2. The Hall–Kier alpha value is -1.51. The first-order valence-corrected chi connectivity index (χ1v) is 6.17. The number of aliphatic carboxylic acids is 1. The molecule has 0 amide bonds. The smallest absolute Gasteiger partial charge is 0.310 e. The number of benzene rings is 1. The van der Waals surface area contributed by atoms with Gasteiger partial charge in [0.25, 0.3) is 0 Å². The molecule has 3 heteroatoms. The second-order valence-electron chi connectivity index (χ2n) is 4.74. The van der Waals surface area contributed by atoms with Crippen molar-refractivity contribution in [2.45, 2.75) is 39.2 Å². The van der Waals surface area contributed by atoms with Gasteiger partial charge in [-0.05, 0) is 44.4 Å². The zero-order chi connectivity index (χ0) is 12.6. The van der Waals surface area contributed by atoms with Crippen LogP contribution in [0, 0.1) is 0 Å². The second kappa shape index (κ2) is 4.40. The van der Waals surface area contributed by atoms with Gasteiger partial charge < -0.3 is 10.0 Å². The highest BCUT2D eigenvalue weighted by atomic mass is 16.4. The molecule has 0 fully saturated rings. The van der Waals surface area contributed by atoms with Crippen molar-refractivity contribution in [3.8, 4) is 0 Å². The number of nitrogens with zero attached hydrogens (tertiary/aromatic N) is 1. The third-order valence-corrected chi connectivity index (χ3v) is 3.71. The van der Waals surface area contributed by atoms with E-state index in [1.807, 2.05) is 12.1 Å². The normalized spacial score (nSPS) is 20.2. The van der Waals surface area contributed by atoms with Gasteiger partial charge in [0, 0.05) is 18.3 Å². The molecule has 2 unspecified atom stereocenters. The number of fused-ring (bicyclic) bond motifs is 1. The molecule has 0 saturated heterocycles.